The minimum atomic E-state index is -1.12. The van der Waals surface area contributed by atoms with Crippen molar-refractivity contribution >= 4 is 40.1 Å². The first kappa shape index (κ1) is 18.5. The molecule has 1 unspecified atom stereocenters. The van der Waals surface area contributed by atoms with E-state index in [4.69, 9.17) is 0 Å². The first-order valence-electron chi connectivity index (χ1n) is 8.24. The standard InChI is InChI=1S/C20H13F2NO3S2/c1-10-6-8-28-19(10)16-15(17(24)14-3-2-7-27-14)18(25)20(26)23(16)11-4-5-12(21)13(22)9-11/h2-9,16,25H,1H3. The van der Waals surface area contributed by atoms with Crippen LogP contribution in [0.4, 0.5) is 14.5 Å². The number of Topliss-reactive ketones (excluding diaryl/α,β-unsaturated/α-hetero) is 1. The number of ketones is 1. The van der Waals surface area contributed by atoms with E-state index >= 15 is 0 Å². The van der Waals surface area contributed by atoms with Crippen molar-refractivity contribution in [2.24, 2.45) is 0 Å². The van der Waals surface area contributed by atoms with E-state index in [1.807, 2.05) is 13.0 Å². The van der Waals surface area contributed by atoms with Crippen molar-refractivity contribution in [1.82, 2.24) is 0 Å². The maximum Gasteiger partial charge on any atom is 0.294 e. The molecule has 0 radical (unpaired) electrons. The second kappa shape index (κ2) is 6.96. The fourth-order valence-corrected chi connectivity index (χ4v) is 4.89. The summed E-state index contributed by atoms with van der Waals surface area (Å²) in [5.74, 6) is -4.15. The van der Waals surface area contributed by atoms with Crippen molar-refractivity contribution in [3.63, 3.8) is 0 Å². The molecule has 3 heterocycles. The lowest BCUT2D eigenvalue weighted by Crippen LogP contribution is -2.31. The van der Waals surface area contributed by atoms with Crippen LogP contribution >= 0.6 is 22.7 Å². The molecule has 1 atom stereocenters. The van der Waals surface area contributed by atoms with Gasteiger partial charge in [-0.25, -0.2) is 8.78 Å². The van der Waals surface area contributed by atoms with E-state index in [1.165, 1.54) is 28.7 Å². The number of halogens is 2. The summed E-state index contributed by atoms with van der Waals surface area (Å²) in [6.07, 6.45) is 0. The van der Waals surface area contributed by atoms with Crippen molar-refractivity contribution in [2.75, 3.05) is 4.90 Å². The van der Waals surface area contributed by atoms with Crippen molar-refractivity contribution in [1.29, 1.82) is 0 Å². The number of carbonyl (C=O) groups excluding carboxylic acids is 2. The van der Waals surface area contributed by atoms with Crippen LogP contribution in [0, 0.1) is 18.6 Å². The van der Waals surface area contributed by atoms with Crippen LogP contribution in [0.5, 0.6) is 0 Å². The molecule has 1 aliphatic rings. The number of aliphatic hydroxyl groups excluding tert-OH is 1. The van der Waals surface area contributed by atoms with Gasteiger partial charge in [-0.05, 0) is 47.5 Å². The predicted octanol–water partition coefficient (Wildman–Crippen LogP) is 5.18. The quantitative estimate of drug-likeness (QED) is 0.595. The second-order valence-electron chi connectivity index (χ2n) is 6.21. The summed E-state index contributed by atoms with van der Waals surface area (Å²) >= 11 is 2.51. The molecule has 2 aromatic heterocycles. The van der Waals surface area contributed by atoms with Gasteiger partial charge in [0.2, 0.25) is 5.78 Å². The maximum absolute atomic E-state index is 13.8. The third kappa shape index (κ3) is 2.85. The van der Waals surface area contributed by atoms with Gasteiger partial charge in [-0.15, -0.1) is 22.7 Å². The normalized spacial score (nSPS) is 16.9. The summed E-state index contributed by atoms with van der Waals surface area (Å²) in [6, 6.07) is 7.25. The molecule has 0 spiro atoms. The van der Waals surface area contributed by atoms with Crippen LogP contribution in [-0.4, -0.2) is 16.8 Å². The number of hydrogen-bond acceptors (Lipinski definition) is 5. The Balaban J connectivity index is 1.90. The number of benzene rings is 1. The van der Waals surface area contributed by atoms with E-state index in [0.717, 1.165) is 22.6 Å². The maximum atomic E-state index is 13.8. The summed E-state index contributed by atoms with van der Waals surface area (Å²) in [5.41, 5.74) is 0.812. The molecule has 0 fully saturated rings. The van der Waals surface area contributed by atoms with E-state index < -0.39 is 35.1 Å². The third-order valence-corrected chi connectivity index (χ3v) is 6.47. The highest BCUT2D eigenvalue weighted by molar-refractivity contribution is 7.12. The zero-order valence-electron chi connectivity index (χ0n) is 14.5. The van der Waals surface area contributed by atoms with Gasteiger partial charge in [0.1, 0.15) is 6.04 Å². The third-order valence-electron chi connectivity index (χ3n) is 4.53. The highest BCUT2D eigenvalue weighted by Crippen LogP contribution is 2.45. The molecule has 0 bridgehead atoms. The average Bonchev–Trinajstić information content (AvgIpc) is 3.39. The summed E-state index contributed by atoms with van der Waals surface area (Å²) in [6.45, 7) is 1.82. The monoisotopic (exact) mass is 417 g/mol. The predicted molar refractivity (Wildman–Crippen MR) is 104 cm³/mol. The number of anilines is 1. The van der Waals surface area contributed by atoms with Gasteiger partial charge < -0.3 is 5.11 Å². The van der Waals surface area contributed by atoms with Gasteiger partial charge in [-0.1, -0.05) is 6.07 Å². The molecule has 4 nitrogen and oxygen atoms in total. The van der Waals surface area contributed by atoms with Crippen molar-refractivity contribution in [2.45, 2.75) is 13.0 Å². The first-order chi connectivity index (χ1) is 13.4. The fourth-order valence-electron chi connectivity index (χ4n) is 3.19. The largest absolute Gasteiger partial charge is 0.503 e. The lowest BCUT2D eigenvalue weighted by Gasteiger charge is -2.26. The number of nitrogens with zero attached hydrogens (tertiary/aromatic N) is 1. The number of aliphatic hydroxyl groups is 1. The fraction of sp³-hybridized carbons (Fsp3) is 0.100. The molecule has 0 saturated heterocycles. The molecule has 0 aliphatic carbocycles. The van der Waals surface area contributed by atoms with Crippen molar-refractivity contribution < 1.29 is 23.5 Å². The van der Waals surface area contributed by atoms with Gasteiger partial charge in [0, 0.05) is 16.6 Å². The Kier molecular flexibility index (Phi) is 4.60. The first-order valence-corrected chi connectivity index (χ1v) is 10.00. The van der Waals surface area contributed by atoms with Crippen LogP contribution in [0.3, 0.4) is 0 Å². The SMILES string of the molecule is Cc1ccsc1C1C(C(=O)c2cccs2)=C(O)C(=O)N1c1ccc(F)c(F)c1. The van der Waals surface area contributed by atoms with Gasteiger partial charge in [0.25, 0.3) is 5.91 Å². The molecule has 0 saturated carbocycles. The molecule has 3 aromatic rings. The Labute approximate surface area is 167 Å². The van der Waals surface area contributed by atoms with Crippen molar-refractivity contribution in [3.05, 3.63) is 85.4 Å². The highest BCUT2D eigenvalue weighted by atomic mass is 32.1. The summed E-state index contributed by atoms with van der Waals surface area (Å²) in [4.78, 5) is 28.1. The minimum absolute atomic E-state index is 0.0576. The number of carbonyl (C=O) groups is 2. The molecule has 1 amide bonds. The van der Waals surface area contributed by atoms with E-state index in [9.17, 15) is 23.5 Å². The number of hydrogen-bond donors (Lipinski definition) is 1. The van der Waals surface area contributed by atoms with Gasteiger partial charge in [-0.3, -0.25) is 14.5 Å². The Hall–Kier alpha value is -2.84. The zero-order valence-corrected chi connectivity index (χ0v) is 16.1. The summed E-state index contributed by atoms with van der Waals surface area (Å²) in [5, 5.41) is 14.1. The molecule has 8 heteroatoms. The molecule has 142 valence electrons. The summed E-state index contributed by atoms with van der Waals surface area (Å²) < 4.78 is 27.2. The van der Waals surface area contributed by atoms with Gasteiger partial charge >= 0.3 is 0 Å². The Morgan fingerprint density at radius 2 is 1.89 bits per heavy atom. The smallest absolute Gasteiger partial charge is 0.294 e. The molecule has 1 aromatic carbocycles. The molecular formula is C20H13F2NO3S2. The summed E-state index contributed by atoms with van der Waals surface area (Å²) in [7, 11) is 0. The molecule has 1 N–H and O–H groups in total. The van der Waals surface area contributed by atoms with Crippen LogP contribution in [0.15, 0.2) is 58.5 Å². The lowest BCUT2D eigenvalue weighted by molar-refractivity contribution is -0.117. The number of rotatable bonds is 4. The number of aryl methyl sites for hydroxylation is 1. The molecule has 4 rings (SSSR count). The minimum Gasteiger partial charge on any atom is -0.503 e. The van der Waals surface area contributed by atoms with Crippen molar-refractivity contribution in [3.8, 4) is 0 Å². The van der Waals surface area contributed by atoms with Crippen LogP contribution in [0.25, 0.3) is 0 Å². The average molecular weight is 417 g/mol. The Morgan fingerprint density at radius 3 is 2.50 bits per heavy atom. The Morgan fingerprint density at radius 1 is 1.11 bits per heavy atom. The topological polar surface area (TPSA) is 57.6 Å². The van der Waals surface area contributed by atoms with Gasteiger partial charge in [0.15, 0.2) is 17.4 Å². The Bertz CT molecular complexity index is 1120. The molecule has 28 heavy (non-hydrogen) atoms. The van der Waals surface area contributed by atoms with E-state index in [0.29, 0.717) is 9.75 Å². The molecular weight excluding hydrogens is 404 g/mol. The highest BCUT2D eigenvalue weighted by Gasteiger charge is 2.46. The molecule has 1 aliphatic heterocycles. The second-order valence-corrected chi connectivity index (χ2v) is 8.11. The van der Waals surface area contributed by atoms with E-state index in [2.05, 4.69) is 0 Å². The van der Waals surface area contributed by atoms with Crippen LogP contribution in [-0.2, 0) is 4.79 Å². The van der Waals surface area contributed by atoms with E-state index in [-0.39, 0.29) is 11.3 Å². The van der Waals surface area contributed by atoms with Crippen LogP contribution < -0.4 is 4.90 Å². The number of amides is 1. The zero-order chi connectivity index (χ0) is 20.0. The van der Waals surface area contributed by atoms with E-state index in [1.54, 1.807) is 22.9 Å². The van der Waals surface area contributed by atoms with Crippen LogP contribution in [0.1, 0.15) is 26.2 Å². The lowest BCUT2D eigenvalue weighted by atomic mass is 9.99. The van der Waals surface area contributed by atoms with Gasteiger partial charge in [0.05, 0.1) is 10.5 Å². The van der Waals surface area contributed by atoms with Gasteiger partial charge in [-0.2, -0.15) is 0 Å². The number of thiophene rings is 2. The van der Waals surface area contributed by atoms with Crippen LogP contribution in [0.2, 0.25) is 0 Å².